The summed E-state index contributed by atoms with van der Waals surface area (Å²) in [7, 11) is 0. The molecule has 3 heterocycles. The molecule has 6 nitrogen and oxygen atoms in total. The summed E-state index contributed by atoms with van der Waals surface area (Å²) >= 11 is 0. The second-order valence-electron chi connectivity index (χ2n) is 5.73. The molecule has 1 aliphatic heterocycles. The van der Waals surface area contributed by atoms with E-state index >= 15 is 0 Å². The van der Waals surface area contributed by atoms with E-state index in [0.29, 0.717) is 5.92 Å². The Hall–Kier alpha value is -1.79. The molecule has 0 aliphatic carbocycles. The Morgan fingerprint density at radius 3 is 3.09 bits per heavy atom. The molecule has 1 aliphatic rings. The van der Waals surface area contributed by atoms with Crippen molar-refractivity contribution in [2.24, 2.45) is 0 Å². The van der Waals surface area contributed by atoms with Crippen molar-refractivity contribution in [3.05, 3.63) is 36.3 Å². The van der Waals surface area contributed by atoms with Crippen molar-refractivity contribution in [3.63, 3.8) is 0 Å². The zero-order valence-electron chi connectivity index (χ0n) is 13.0. The lowest BCUT2D eigenvalue weighted by atomic mass is 9.95. The van der Waals surface area contributed by atoms with Crippen molar-refractivity contribution in [3.8, 4) is 5.82 Å². The van der Waals surface area contributed by atoms with Crippen LogP contribution in [-0.2, 0) is 6.42 Å². The van der Waals surface area contributed by atoms with E-state index in [2.05, 4.69) is 21.8 Å². The predicted molar refractivity (Wildman–Crippen MR) is 84.0 cm³/mol. The lowest BCUT2D eigenvalue weighted by molar-refractivity contribution is 0.160. The number of aryl methyl sites for hydroxylation is 1. The molecule has 0 saturated carbocycles. The van der Waals surface area contributed by atoms with Crippen molar-refractivity contribution in [2.45, 2.75) is 32.1 Å². The summed E-state index contributed by atoms with van der Waals surface area (Å²) in [6.07, 6.45) is 10.5. The van der Waals surface area contributed by atoms with Gasteiger partial charge in [0, 0.05) is 44.0 Å². The molecule has 0 bridgehead atoms. The van der Waals surface area contributed by atoms with E-state index in [0.717, 1.165) is 56.2 Å². The van der Waals surface area contributed by atoms with Crippen LogP contribution in [0.4, 0.5) is 0 Å². The average molecular weight is 301 g/mol. The maximum absolute atomic E-state index is 9.12. The van der Waals surface area contributed by atoms with Gasteiger partial charge in [-0.1, -0.05) is 6.92 Å². The van der Waals surface area contributed by atoms with Gasteiger partial charge < -0.3 is 10.0 Å². The van der Waals surface area contributed by atoms with Crippen LogP contribution in [0.5, 0.6) is 0 Å². The first kappa shape index (κ1) is 15.1. The first-order valence-corrected chi connectivity index (χ1v) is 7.99. The third-order valence-corrected chi connectivity index (χ3v) is 4.26. The molecular weight excluding hydrogens is 278 g/mol. The summed E-state index contributed by atoms with van der Waals surface area (Å²) < 4.78 is 2.00. The van der Waals surface area contributed by atoms with Crippen LogP contribution in [0.1, 0.15) is 37.2 Å². The van der Waals surface area contributed by atoms with E-state index in [-0.39, 0.29) is 6.61 Å². The van der Waals surface area contributed by atoms with Crippen LogP contribution in [0, 0.1) is 0 Å². The number of hydrogen-bond acceptors (Lipinski definition) is 5. The smallest absolute Gasteiger partial charge is 0.156 e. The van der Waals surface area contributed by atoms with Crippen molar-refractivity contribution in [1.82, 2.24) is 24.4 Å². The van der Waals surface area contributed by atoms with E-state index in [1.165, 1.54) is 0 Å². The molecule has 22 heavy (non-hydrogen) atoms. The maximum Gasteiger partial charge on any atom is 0.156 e. The van der Waals surface area contributed by atoms with Gasteiger partial charge in [-0.25, -0.2) is 9.97 Å². The predicted octanol–water partition coefficient (Wildman–Crippen LogP) is 1.40. The molecule has 3 rings (SSSR count). The van der Waals surface area contributed by atoms with Gasteiger partial charge in [-0.3, -0.25) is 9.55 Å². The number of aliphatic hydroxyl groups excluding tert-OH is 1. The second kappa shape index (κ2) is 6.98. The standard InChI is InChI=1S/C16H23N5O/c1-2-15-18-5-7-21(15)16-11-17-10-14(19-16)13-4-3-6-20(12-13)8-9-22/h5,7,10-11,13,22H,2-4,6,8-9,12H2,1H3/t13-/m0/s1. The highest BCUT2D eigenvalue weighted by atomic mass is 16.3. The summed E-state index contributed by atoms with van der Waals surface area (Å²) in [5, 5.41) is 9.12. The summed E-state index contributed by atoms with van der Waals surface area (Å²) in [6, 6.07) is 0. The van der Waals surface area contributed by atoms with Gasteiger partial charge in [-0.05, 0) is 19.4 Å². The number of likely N-dealkylation sites (tertiary alicyclic amines) is 1. The SMILES string of the molecule is CCc1nccn1-c1cncc([C@H]2CCCN(CCO)C2)n1. The fraction of sp³-hybridized carbons (Fsp3) is 0.562. The van der Waals surface area contributed by atoms with Crippen LogP contribution in [-0.4, -0.2) is 55.8 Å². The summed E-state index contributed by atoms with van der Waals surface area (Å²) in [6.45, 7) is 5.05. The zero-order chi connectivity index (χ0) is 15.4. The van der Waals surface area contributed by atoms with Gasteiger partial charge in [0.25, 0.3) is 0 Å². The van der Waals surface area contributed by atoms with Gasteiger partial charge in [0.2, 0.25) is 0 Å². The van der Waals surface area contributed by atoms with E-state index in [1.807, 2.05) is 17.0 Å². The van der Waals surface area contributed by atoms with E-state index in [4.69, 9.17) is 10.1 Å². The topological polar surface area (TPSA) is 67.1 Å². The van der Waals surface area contributed by atoms with Crippen LogP contribution in [0.3, 0.4) is 0 Å². The summed E-state index contributed by atoms with van der Waals surface area (Å²) in [5.41, 5.74) is 1.04. The molecule has 2 aromatic heterocycles. The van der Waals surface area contributed by atoms with Crippen LogP contribution >= 0.6 is 0 Å². The zero-order valence-corrected chi connectivity index (χ0v) is 13.0. The monoisotopic (exact) mass is 301 g/mol. The minimum atomic E-state index is 0.216. The molecule has 0 aromatic carbocycles. The molecule has 1 atom stereocenters. The van der Waals surface area contributed by atoms with Gasteiger partial charge in [0.15, 0.2) is 5.82 Å². The Balaban J connectivity index is 1.82. The fourth-order valence-electron chi connectivity index (χ4n) is 3.13. The normalized spacial score (nSPS) is 19.5. The van der Waals surface area contributed by atoms with Crippen molar-refractivity contribution >= 4 is 0 Å². The molecular formula is C16H23N5O. The Kier molecular flexibility index (Phi) is 4.80. The molecule has 118 valence electrons. The number of β-amino-alcohol motifs (C(OH)–C–C–N with tert-alkyl or cyclic N) is 1. The highest BCUT2D eigenvalue weighted by Crippen LogP contribution is 2.25. The second-order valence-corrected chi connectivity index (χ2v) is 5.73. The van der Waals surface area contributed by atoms with Gasteiger partial charge in [0.05, 0.1) is 18.5 Å². The summed E-state index contributed by atoms with van der Waals surface area (Å²) in [5.74, 6) is 2.23. The van der Waals surface area contributed by atoms with Gasteiger partial charge in [0.1, 0.15) is 5.82 Å². The number of aromatic nitrogens is 4. The van der Waals surface area contributed by atoms with Crippen molar-refractivity contribution in [2.75, 3.05) is 26.2 Å². The van der Waals surface area contributed by atoms with Crippen molar-refractivity contribution in [1.29, 1.82) is 0 Å². The molecule has 1 saturated heterocycles. The Labute approximate surface area is 130 Å². The quantitative estimate of drug-likeness (QED) is 0.904. The largest absolute Gasteiger partial charge is 0.395 e. The Morgan fingerprint density at radius 1 is 1.36 bits per heavy atom. The number of hydrogen-bond donors (Lipinski definition) is 1. The van der Waals surface area contributed by atoms with Crippen LogP contribution in [0.25, 0.3) is 5.82 Å². The van der Waals surface area contributed by atoms with E-state index in [1.54, 1.807) is 12.4 Å². The minimum Gasteiger partial charge on any atom is -0.395 e. The molecule has 1 fully saturated rings. The highest BCUT2D eigenvalue weighted by Gasteiger charge is 2.22. The van der Waals surface area contributed by atoms with Crippen LogP contribution in [0.2, 0.25) is 0 Å². The number of aliphatic hydroxyl groups is 1. The average Bonchev–Trinajstić information content (AvgIpc) is 3.04. The molecule has 0 amide bonds. The minimum absolute atomic E-state index is 0.216. The number of rotatable bonds is 5. The highest BCUT2D eigenvalue weighted by molar-refractivity contribution is 5.24. The molecule has 2 aromatic rings. The first-order valence-electron chi connectivity index (χ1n) is 7.99. The fourth-order valence-corrected chi connectivity index (χ4v) is 3.13. The van der Waals surface area contributed by atoms with E-state index in [9.17, 15) is 0 Å². The first-order chi connectivity index (χ1) is 10.8. The van der Waals surface area contributed by atoms with Crippen LogP contribution in [0.15, 0.2) is 24.8 Å². The maximum atomic E-state index is 9.12. The number of piperidine rings is 1. The Bertz CT molecular complexity index is 610. The van der Waals surface area contributed by atoms with E-state index < -0.39 is 0 Å². The number of nitrogens with zero attached hydrogens (tertiary/aromatic N) is 5. The molecule has 0 radical (unpaired) electrons. The Morgan fingerprint density at radius 2 is 2.27 bits per heavy atom. The third kappa shape index (κ3) is 3.18. The molecule has 0 unspecified atom stereocenters. The molecule has 1 N–H and O–H groups in total. The van der Waals surface area contributed by atoms with Crippen LogP contribution < -0.4 is 0 Å². The lowest BCUT2D eigenvalue weighted by Crippen LogP contribution is -2.36. The molecule has 0 spiro atoms. The third-order valence-electron chi connectivity index (χ3n) is 4.26. The number of imidazole rings is 1. The summed E-state index contributed by atoms with van der Waals surface area (Å²) in [4.78, 5) is 15.8. The lowest BCUT2D eigenvalue weighted by Gasteiger charge is -2.31. The van der Waals surface area contributed by atoms with Gasteiger partial charge >= 0.3 is 0 Å². The molecule has 6 heteroatoms. The van der Waals surface area contributed by atoms with Gasteiger partial charge in [-0.15, -0.1) is 0 Å². The van der Waals surface area contributed by atoms with Crippen molar-refractivity contribution < 1.29 is 5.11 Å². The van der Waals surface area contributed by atoms with Gasteiger partial charge in [-0.2, -0.15) is 0 Å².